The third-order valence-electron chi connectivity index (χ3n) is 3.60. The fourth-order valence-corrected chi connectivity index (χ4v) is 2.36. The van der Waals surface area contributed by atoms with Crippen molar-refractivity contribution < 1.29 is 9.59 Å². The maximum Gasteiger partial charge on any atom is 0.248 e. The van der Waals surface area contributed by atoms with Crippen molar-refractivity contribution in [3.8, 4) is 11.1 Å². The third kappa shape index (κ3) is 4.06. The number of carbonyl (C=O) groups is 2. The minimum absolute atomic E-state index is 0.264. The van der Waals surface area contributed by atoms with Crippen molar-refractivity contribution >= 4 is 24.0 Å². The standard InChI is InChI=1S/C19H16N4O2/c1-23-12-16(11-21-23)18-8-9-20-10-15(18)4-7-19(25)22-17-5-2-14(13-24)3-6-17/h2-13H,1H3,(H,22,25)/b7-4+. The van der Waals surface area contributed by atoms with Crippen LogP contribution in [0.15, 0.2) is 61.2 Å². The van der Waals surface area contributed by atoms with Crippen molar-refractivity contribution in [3.05, 3.63) is 72.3 Å². The number of nitrogens with one attached hydrogen (secondary N) is 1. The zero-order valence-electron chi connectivity index (χ0n) is 13.6. The highest BCUT2D eigenvalue weighted by atomic mass is 16.1. The second kappa shape index (κ2) is 7.35. The van der Waals surface area contributed by atoms with E-state index in [0.717, 1.165) is 23.0 Å². The Morgan fingerprint density at radius 2 is 1.96 bits per heavy atom. The maximum absolute atomic E-state index is 12.1. The molecule has 124 valence electrons. The van der Waals surface area contributed by atoms with E-state index in [-0.39, 0.29) is 5.91 Å². The molecule has 0 aliphatic carbocycles. The minimum atomic E-state index is -0.264. The van der Waals surface area contributed by atoms with Gasteiger partial charge in [-0.2, -0.15) is 5.10 Å². The van der Waals surface area contributed by atoms with Crippen LogP contribution in [-0.4, -0.2) is 27.0 Å². The van der Waals surface area contributed by atoms with Gasteiger partial charge >= 0.3 is 0 Å². The molecule has 0 atom stereocenters. The highest BCUT2D eigenvalue weighted by Crippen LogP contribution is 2.23. The first-order valence-electron chi connectivity index (χ1n) is 7.63. The van der Waals surface area contributed by atoms with Gasteiger partial charge in [-0.1, -0.05) is 0 Å². The molecule has 2 heterocycles. The zero-order valence-corrected chi connectivity index (χ0v) is 13.6. The highest BCUT2D eigenvalue weighted by molar-refractivity contribution is 6.02. The number of benzene rings is 1. The topological polar surface area (TPSA) is 76.9 Å². The van der Waals surface area contributed by atoms with E-state index < -0.39 is 0 Å². The van der Waals surface area contributed by atoms with Crippen LogP contribution in [-0.2, 0) is 11.8 Å². The summed E-state index contributed by atoms with van der Waals surface area (Å²) in [5, 5.41) is 6.92. The van der Waals surface area contributed by atoms with Crippen molar-refractivity contribution in [1.82, 2.24) is 14.8 Å². The molecule has 0 bridgehead atoms. The van der Waals surface area contributed by atoms with E-state index in [1.807, 2.05) is 19.3 Å². The molecule has 6 nitrogen and oxygen atoms in total. The molecular formula is C19H16N4O2. The van der Waals surface area contributed by atoms with Gasteiger partial charge in [-0.15, -0.1) is 0 Å². The van der Waals surface area contributed by atoms with Crippen LogP contribution in [0.1, 0.15) is 15.9 Å². The van der Waals surface area contributed by atoms with Crippen LogP contribution in [0.4, 0.5) is 5.69 Å². The summed E-state index contributed by atoms with van der Waals surface area (Å²) >= 11 is 0. The first-order chi connectivity index (χ1) is 12.2. The molecule has 1 amide bonds. The van der Waals surface area contributed by atoms with Crippen LogP contribution < -0.4 is 5.32 Å². The number of carbonyl (C=O) groups excluding carboxylic acids is 2. The predicted molar refractivity (Wildman–Crippen MR) is 95.9 cm³/mol. The Morgan fingerprint density at radius 1 is 1.16 bits per heavy atom. The van der Waals surface area contributed by atoms with Crippen LogP contribution in [0.5, 0.6) is 0 Å². The number of rotatable bonds is 5. The Morgan fingerprint density at radius 3 is 2.64 bits per heavy atom. The zero-order chi connectivity index (χ0) is 17.6. The lowest BCUT2D eigenvalue weighted by molar-refractivity contribution is -0.111. The van der Waals surface area contributed by atoms with E-state index >= 15 is 0 Å². The molecule has 3 rings (SSSR count). The van der Waals surface area contributed by atoms with E-state index in [0.29, 0.717) is 11.3 Å². The largest absolute Gasteiger partial charge is 0.323 e. The lowest BCUT2D eigenvalue weighted by atomic mass is 10.0. The fourth-order valence-electron chi connectivity index (χ4n) is 2.36. The maximum atomic E-state index is 12.1. The second-order valence-electron chi connectivity index (χ2n) is 5.43. The minimum Gasteiger partial charge on any atom is -0.323 e. The molecular weight excluding hydrogens is 316 g/mol. The van der Waals surface area contributed by atoms with Gasteiger partial charge < -0.3 is 5.32 Å². The Bertz CT molecular complexity index is 927. The van der Waals surface area contributed by atoms with Gasteiger partial charge in [0.05, 0.1) is 6.20 Å². The Labute approximate surface area is 144 Å². The van der Waals surface area contributed by atoms with Gasteiger partial charge in [-0.05, 0) is 42.0 Å². The van der Waals surface area contributed by atoms with Crippen LogP contribution in [0, 0.1) is 0 Å². The highest BCUT2D eigenvalue weighted by Gasteiger charge is 2.05. The van der Waals surface area contributed by atoms with E-state index in [1.165, 1.54) is 6.08 Å². The molecule has 0 saturated carbocycles. The molecule has 0 spiro atoms. The number of pyridine rings is 1. The Balaban J connectivity index is 1.75. The van der Waals surface area contributed by atoms with Crippen LogP contribution >= 0.6 is 0 Å². The third-order valence-corrected chi connectivity index (χ3v) is 3.60. The van der Waals surface area contributed by atoms with E-state index in [2.05, 4.69) is 15.4 Å². The van der Waals surface area contributed by atoms with Crippen molar-refractivity contribution in [2.24, 2.45) is 7.05 Å². The fraction of sp³-hybridized carbons (Fsp3) is 0.0526. The number of nitrogens with zero attached hydrogens (tertiary/aromatic N) is 3. The number of anilines is 1. The summed E-state index contributed by atoms with van der Waals surface area (Å²) in [6.07, 6.45) is 11.0. The van der Waals surface area contributed by atoms with Crippen molar-refractivity contribution in [3.63, 3.8) is 0 Å². The van der Waals surface area contributed by atoms with E-state index in [4.69, 9.17) is 0 Å². The number of amides is 1. The van der Waals surface area contributed by atoms with Crippen LogP contribution in [0.2, 0.25) is 0 Å². The predicted octanol–water partition coefficient (Wildman–Crippen LogP) is 2.95. The molecule has 3 aromatic rings. The number of hydrogen-bond acceptors (Lipinski definition) is 4. The van der Waals surface area contributed by atoms with Gasteiger partial charge in [0.15, 0.2) is 0 Å². The first-order valence-corrected chi connectivity index (χ1v) is 7.63. The molecule has 0 unspecified atom stereocenters. The summed E-state index contributed by atoms with van der Waals surface area (Å²) in [5.41, 5.74) is 3.91. The molecule has 0 aliphatic rings. The SMILES string of the molecule is Cn1cc(-c2ccncc2/C=C/C(=O)Nc2ccc(C=O)cc2)cn1. The van der Waals surface area contributed by atoms with Gasteiger partial charge in [-0.3, -0.25) is 19.3 Å². The number of hydrogen-bond donors (Lipinski definition) is 1. The van der Waals surface area contributed by atoms with Gasteiger partial charge in [0.2, 0.25) is 5.91 Å². The van der Waals surface area contributed by atoms with Crippen molar-refractivity contribution in [2.45, 2.75) is 0 Å². The molecule has 0 aliphatic heterocycles. The summed E-state index contributed by atoms with van der Waals surface area (Å²) < 4.78 is 1.72. The van der Waals surface area contributed by atoms with Gasteiger partial charge in [0.1, 0.15) is 6.29 Å². The molecule has 0 fully saturated rings. The van der Waals surface area contributed by atoms with Crippen LogP contribution in [0.3, 0.4) is 0 Å². The number of aromatic nitrogens is 3. The molecule has 6 heteroatoms. The second-order valence-corrected chi connectivity index (χ2v) is 5.43. The molecule has 1 aromatic carbocycles. The normalized spacial score (nSPS) is 10.8. The monoisotopic (exact) mass is 332 g/mol. The number of aldehydes is 1. The molecule has 0 saturated heterocycles. The van der Waals surface area contributed by atoms with Gasteiger partial charge in [0, 0.05) is 54.1 Å². The van der Waals surface area contributed by atoms with Gasteiger partial charge in [0.25, 0.3) is 0 Å². The Hall–Kier alpha value is -3.54. The van der Waals surface area contributed by atoms with Crippen molar-refractivity contribution in [2.75, 3.05) is 5.32 Å². The number of aryl methyl sites for hydroxylation is 1. The summed E-state index contributed by atoms with van der Waals surface area (Å²) in [5.74, 6) is -0.264. The molecule has 0 radical (unpaired) electrons. The summed E-state index contributed by atoms with van der Waals surface area (Å²) in [7, 11) is 1.85. The average Bonchev–Trinajstić information content (AvgIpc) is 3.07. The quantitative estimate of drug-likeness (QED) is 0.576. The first kappa shape index (κ1) is 16.3. The smallest absolute Gasteiger partial charge is 0.248 e. The summed E-state index contributed by atoms with van der Waals surface area (Å²) in [6.45, 7) is 0. The van der Waals surface area contributed by atoms with E-state index in [9.17, 15) is 9.59 Å². The molecule has 2 aromatic heterocycles. The van der Waals surface area contributed by atoms with Crippen LogP contribution in [0.25, 0.3) is 17.2 Å². The molecule has 25 heavy (non-hydrogen) atoms. The van der Waals surface area contributed by atoms with Gasteiger partial charge in [-0.25, -0.2) is 0 Å². The lowest BCUT2D eigenvalue weighted by Gasteiger charge is -2.04. The summed E-state index contributed by atoms with van der Waals surface area (Å²) in [4.78, 5) is 26.8. The van der Waals surface area contributed by atoms with Crippen molar-refractivity contribution in [1.29, 1.82) is 0 Å². The van der Waals surface area contributed by atoms with E-state index in [1.54, 1.807) is 53.6 Å². The molecule has 1 N–H and O–H groups in total. The summed E-state index contributed by atoms with van der Waals surface area (Å²) in [6, 6.07) is 8.54. The Kier molecular flexibility index (Phi) is 4.80. The lowest BCUT2D eigenvalue weighted by Crippen LogP contribution is -2.07. The average molecular weight is 332 g/mol.